The van der Waals surface area contributed by atoms with Crippen molar-refractivity contribution in [1.29, 1.82) is 0 Å². The summed E-state index contributed by atoms with van der Waals surface area (Å²) in [4.78, 5) is 12.3. The van der Waals surface area contributed by atoms with Crippen LogP contribution < -0.4 is 24.2 Å². The van der Waals surface area contributed by atoms with Crippen molar-refractivity contribution < 1.29 is 27.4 Å². The van der Waals surface area contributed by atoms with E-state index in [9.17, 15) is 13.2 Å². The minimum absolute atomic E-state index is 0.132. The van der Waals surface area contributed by atoms with Gasteiger partial charge in [-0.15, -0.1) is 0 Å². The third-order valence-corrected chi connectivity index (χ3v) is 5.72. The van der Waals surface area contributed by atoms with E-state index in [1.807, 2.05) is 0 Å². The molecule has 2 aromatic rings. The van der Waals surface area contributed by atoms with Crippen LogP contribution in [0, 0.1) is 13.8 Å². The van der Waals surface area contributed by atoms with Crippen LogP contribution in [0.4, 0.5) is 5.69 Å². The molecule has 0 fully saturated rings. The maximum absolute atomic E-state index is 12.6. The molecule has 8 nitrogen and oxygen atoms in total. The van der Waals surface area contributed by atoms with Gasteiger partial charge in [0.05, 0.1) is 18.6 Å². The Morgan fingerprint density at radius 3 is 2.44 bits per heavy atom. The Morgan fingerprint density at radius 2 is 1.78 bits per heavy atom. The topological polar surface area (TPSA) is 103 Å². The van der Waals surface area contributed by atoms with Gasteiger partial charge in [0.15, 0.2) is 11.5 Å². The summed E-state index contributed by atoms with van der Waals surface area (Å²) in [5, 5.41) is 2.62. The number of nitrogens with one attached hydrogen (secondary N) is 2. The quantitative estimate of drug-likeness (QED) is 0.779. The Balaban J connectivity index is 1.67. The molecule has 1 amide bonds. The summed E-state index contributed by atoms with van der Waals surface area (Å²) in [5.74, 6) is 1.20. The number of fused-ring (bicyclic) bond motifs is 1. The summed E-state index contributed by atoms with van der Waals surface area (Å²) < 4.78 is 43.1. The number of carbonyl (C=O) groups excluding carboxylic acids is 1. The molecule has 2 N–H and O–H groups in total. The van der Waals surface area contributed by atoms with E-state index in [1.54, 1.807) is 44.2 Å². The Kier molecular flexibility index (Phi) is 5.24. The SMILES string of the molecule is COc1cc(C)c(S(=O)(=O)NCC(=O)Nc2ccc3c(c2)OCO3)c(C)c1. The Bertz CT molecular complexity index is 964. The summed E-state index contributed by atoms with van der Waals surface area (Å²) in [6.45, 7) is 3.09. The highest BCUT2D eigenvalue weighted by Crippen LogP contribution is 2.34. The lowest BCUT2D eigenvalue weighted by molar-refractivity contribution is -0.115. The molecular weight excluding hydrogens is 372 g/mol. The summed E-state index contributed by atoms with van der Waals surface area (Å²) in [5.41, 5.74) is 1.56. The fourth-order valence-corrected chi connectivity index (χ4v) is 4.30. The molecular formula is C18H20N2O6S. The molecule has 0 aromatic heterocycles. The average Bonchev–Trinajstić information content (AvgIpc) is 3.07. The van der Waals surface area contributed by atoms with Crippen LogP contribution in [-0.2, 0) is 14.8 Å². The molecule has 1 aliphatic rings. The minimum atomic E-state index is -3.85. The van der Waals surface area contributed by atoms with E-state index in [0.717, 1.165) is 0 Å². The number of ether oxygens (including phenoxy) is 3. The lowest BCUT2D eigenvalue weighted by Gasteiger charge is -2.14. The number of hydrogen-bond donors (Lipinski definition) is 2. The number of anilines is 1. The Labute approximate surface area is 157 Å². The first-order valence-electron chi connectivity index (χ1n) is 8.14. The smallest absolute Gasteiger partial charge is 0.241 e. The number of carbonyl (C=O) groups is 1. The van der Waals surface area contributed by atoms with Crippen LogP contribution in [-0.4, -0.2) is 34.8 Å². The summed E-state index contributed by atoms with van der Waals surface area (Å²) in [6.07, 6.45) is 0. The van der Waals surface area contributed by atoms with Crippen molar-refractivity contribution in [3.05, 3.63) is 41.5 Å². The van der Waals surface area contributed by atoms with Gasteiger partial charge < -0.3 is 19.5 Å². The van der Waals surface area contributed by atoms with Crippen LogP contribution in [0.25, 0.3) is 0 Å². The first-order valence-corrected chi connectivity index (χ1v) is 9.63. The van der Waals surface area contributed by atoms with Crippen LogP contribution >= 0.6 is 0 Å². The fourth-order valence-electron chi connectivity index (χ4n) is 2.86. The van der Waals surface area contributed by atoms with Gasteiger partial charge in [0.25, 0.3) is 0 Å². The van der Waals surface area contributed by atoms with Gasteiger partial charge in [0, 0.05) is 11.8 Å². The molecule has 27 heavy (non-hydrogen) atoms. The summed E-state index contributed by atoms with van der Waals surface area (Å²) in [6, 6.07) is 8.21. The molecule has 1 heterocycles. The zero-order valence-electron chi connectivity index (χ0n) is 15.2. The molecule has 144 valence electrons. The minimum Gasteiger partial charge on any atom is -0.497 e. The number of methoxy groups -OCH3 is 1. The van der Waals surface area contributed by atoms with Crippen molar-refractivity contribution >= 4 is 21.6 Å². The highest BCUT2D eigenvalue weighted by molar-refractivity contribution is 7.89. The maximum Gasteiger partial charge on any atom is 0.241 e. The van der Waals surface area contributed by atoms with Gasteiger partial charge in [-0.05, 0) is 49.2 Å². The van der Waals surface area contributed by atoms with Crippen LogP contribution in [0.2, 0.25) is 0 Å². The predicted octanol–water partition coefficient (Wildman–Crippen LogP) is 1.96. The molecule has 9 heteroatoms. The number of benzene rings is 2. The largest absolute Gasteiger partial charge is 0.497 e. The van der Waals surface area contributed by atoms with Gasteiger partial charge >= 0.3 is 0 Å². The van der Waals surface area contributed by atoms with Gasteiger partial charge in [-0.2, -0.15) is 0 Å². The number of amides is 1. The monoisotopic (exact) mass is 392 g/mol. The lowest BCUT2D eigenvalue weighted by Crippen LogP contribution is -2.33. The first-order chi connectivity index (χ1) is 12.8. The molecule has 0 bridgehead atoms. The van der Waals surface area contributed by atoms with Crippen molar-refractivity contribution in [3.8, 4) is 17.2 Å². The predicted molar refractivity (Wildman–Crippen MR) is 98.9 cm³/mol. The highest BCUT2D eigenvalue weighted by atomic mass is 32.2. The molecule has 0 saturated carbocycles. The summed E-state index contributed by atoms with van der Waals surface area (Å²) in [7, 11) is -2.34. The third kappa shape index (κ3) is 4.15. The van der Waals surface area contributed by atoms with Crippen molar-refractivity contribution in [1.82, 2.24) is 4.72 Å². The maximum atomic E-state index is 12.6. The molecule has 3 rings (SSSR count). The van der Waals surface area contributed by atoms with Crippen molar-refractivity contribution in [2.45, 2.75) is 18.7 Å². The molecule has 0 saturated heterocycles. The Morgan fingerprint density at radius 1 is 1.11 bits per heavy atom. The lowest BCUT2D eigenvalue weighted by atomic mass is 10.1. The van der Waals surface area contributed by atoms with Gasteiger partial charge in [-0.3, -0.25) is 4.79 Å². The zero-order valence-corrected chi connectivity index (χ0v) is 16.0. The second-order valence-corrected chi connectivity index (χ2v) is 7.73. The van der Waals surface area contributed by atoms with Crippen LogP contribution in [0.15, 0.2) is 35.2 Å². The van der Waals surface area contributed by atoms with Crippen molar-refractivity contribution in [3.63, 3.8) is 0 Å². The molecule has 2 aromatic carbocycles. The van der Waals surface area contributed by atoms with E-state index in [0.29, 0.717) is 34.1 Å². The molecule has 0 spiro atoms. The average molecular weight is 392 g/mol. The molecule has 0 aliphatic carbocycles. The van der Waals surface area contributed by atoms with Crippen LogP contribution in [0.1, 0.15) is 11.1 Å². The number of rotatable bonds is 6. The highest BCUT2D eigenvalue weighted by Gasteiger charge is 2.21. The van der Waals surface area contributed by atoms with E-state index in [4.69, 9.17) is 14.2 Å². The van der Waals surface area contributed by atoms with Gasteiger partial charge in [-0.25, -0.2) is 13.1 Å². The molecule has 0 radical (unpaired) electrons. The zero-order chi connectivity index (χ0) is 19.6. The van der Waals surface area contributed by atoms with Gasteiger partial charge in [0.1, 0.15) is 5.75 Å². The van der Waals surface area contributed by atoms with E-state index in [-0.39, 0.29) is 11.7 Å². The van der Waals surface area contributed by atoms with E-state index in [2.05, 4.69) is 10.0 Å². The number of aryl methyl sites for hydroxylation is 2. The molecule has 0 unspecified atom stereocenters. The van der Waals surface area contributed by atoms with Crippen LogP contribution in [0.5, 0.6) is 17.2 Å². The van der Waals surface area contributed by atoms with E-state index < -0.39 is 22.5 Å². The number of hydrogen-bond acceptors (Lipinski definition) is 6. The van der Waals surface area contributed by atoms with E-state index >= 15 is 0 Å². The van der Waals surface area contributed by atoms with E-state index in [1.165, 1.54) is 7.11 Å². The number of sulfonamides is 1. The first kappa shape index (κ1) is 19.0. The fraction of sp³-hybridized carbons (Fsp3) is 0.278. The van der Waals surface area contributed by atoms with Crippen LogP contribution in [0.3, 0.4) is 0 Å². The molecule has 0 atom stereocenters. The normalized spacial score (nSPS) is 12.7. The second kappa shape index (κ2) is 7.45. The van der Waals surface area contributed by atoms with Gasteiger partial charge in [-0.1, -0.05) is 0 Å². The van der Waals surface area contributed by atoms with Crippen molar-refractivity contribution in [2.24, 2.45) is 0 Å². The third-order valence-electron chi connectivity index (χ3n) is 4.02. The summed E-state index contributed by atoms with van der Waals surface area (Å²) >= 11 is 0. The van der Waals surface area contributed by atoms with Gasteiger partial charge in [0.2, 0.25) is 22.7 Å². The van der Waals surface area contributed by atoms with Crippen molar-refractivity contribution in [2.75, 3.05) is 25.8 Å². The standard InChI is InChI=1S/C18H20N2O6S/c1-11-6-14(24-3)7-12(2)18(11)27(22,23)19-9-17(21)20-13-4-5-15-16(8-13)26-10-25-15/h4-8,19H,9-10H2,1-3H3,(H,20,21). The second-order valence-electron chi connectivity index (χ2n) is 6.03. The molecule has 1 aliphatic heterocycles. The Hall–Kier alpha value is -2.78.